The summed E-state index contributed by atoms with van der Waals surface area (Å²) in [5, 5.41) is 10.5. The Balaban J connectivity index is 1.78. The summed E-state index contributed by atoms with van der Waals surface area (Å²) in [6.45, 7) is 8.20. The van der Waals surface area contributed by atoms with Gasteiger partial charge >= 0.3 is 0 Å². The summed E-state index contributed by atoms with van der Waals surface area (Å²) < 4.78 is 2.37. The van der Waals surface area contributed by atoms with Crippen molar-refractivity contribution < 1.29 is 4.79 Å². The van der Waals surface area contributed by atoms with Crippen molar-refractivity contribution >= 4 is 34.6 Å². The second-order valence-corrected chi connectivity index (χ2v) is 7.28. The van der Waals surface area contributed by atoms with E-state index < -0.39 is 0 Å². The molecule has 3 aromatic rings. The fourth-order valence-electron chi connectivity index (χ4n) is 2.50. The maximum absolute atomic E-state index is 12.3. The van der Waals surface area contributed by atoms with Gasteiger partial charge in [-0.05, 0) is 31.6 Å². The van der Waals surface area contributed by atoms with Gasteiger partial charge in [0, 0.05) is 6.54 Å². The molecule has 2 N–H and O–H groups in total. The van der Waals surface area contributed by atoms with Crippen LogP contribution in [0.15, 0.2) is 36.9 Å². The summed E-state index contributed by atoms with van der Waals surface area (Å²) in [5.41, 5.74) is 2.93. The third-order valence-corrected chi connectivity index (χ3v) is 5.18. The van der Waals surface area contributed by atoms with Gasteiger partial charge in [-0.2, -0.15) is 5.10 Å². The summed E-state index contributed by atoms with van der Waals surface area (Å²) in [7, 11) is 0. The van der Waals surface area contributed by atoms with Crippen molar-refractivity contribution in [3.63, 3.8) is 0 Å². The first kappa shape index (κ1) is 18.2. The number of carbonyl (C=O) groups is 1. The van der Waals surface area contributed by atoms with Gasteiger partial charge in [0.15, 0.2) is 15.7 Å². The smallest absolute Gasteiger partial charge is 0.230 e. The third kappa shape index (κ3) is 3.97. The largest absolute Gasteiger partial charge is 0.302 e. The van der Waals surface area contributed by atoms with Crippen molar-refractivity contribution in [1.29, 1.82) is 0 Å². The molecule has 134 valence electrons. The van der Waals surface area contributed by atoms with Crippen LogP contribution in [0.3, 0.4) is 0 Å². The van der Waals surface area contributed by atoms with Gasteiger partial charge in [0.25, 0.3) is 0 Å². The number of benzene rings is 1. The Morgan fingerprint density at radius 2 is 2.12 bits per heavy atom. The molecule has 0 bridgehead atoms. The zero-order valence-electron chi connectivity index (χ0n) is 14.6. The van der Waals surface area contributed by atoms with Gasteiger partial charge in [0.2, 0.25) is 5.91 Å². The number of aromatic nitrogens is 4. The molecule has 26 heavy (non-hydrogen) atoms. The Labute approximate surface area is 160 Å². The highest BCUT2D eigenvalue weighted by molar-refractivity contribution is 7.71. The number of aromatic amines is 1. The molecule has 0 saturated carbocycles. The minimum atomic E-state index is -0.0980. The van der Waals surface area contributed by atoms with E-state index in [-0.39, 0.29) is 5.91 Å². The monoisotopic (exact) mass is 385 g/mol. The molecule has 8 heteroatoms. The number of anilines is 1. The average Bonchev–Trinajstić information content (AvgIpc) is 3.13. The van der Waals surface area contributed by atoms with E-state index >= 15 is 0 Å². The minimum Gasteiger partial charge on any atom is -0.302 e. The number of carbonyl (C=O) groups excluding carboxylic acids is 1. The molecule has 0 spiro atoms. The lowest BCUT2D eigenvalue weighted by atomic mass is 10.1. The molecular formula is C18H19N5OS2. The first-order valence-corrected chi connectivity index (χ1v) is 9.29. The molecule has 1 aromatic carbocycles. The van der Waals surface area contributed by atoms with E-state index in [1.54, 1.807) is 6.08 Å². The molecule has 0 radical (unpaired) electrons. The summed E-state index contributed by atoms with van der Waals surface area (Å²) in [6, 6.07) is 7.91. The van der Waals surface area contributed by atoms with E-state index in [9.17, 15) is 4.79 Å². The number of rotatable bonds is 6. The lowest BCUT2D eigenvalue weighted by Crippen LogP contribution is -2.14. The second-order valence-electron chi connectivity index (χ2n) is 5.90. The van der Waals surface area contributed by atoms with Gasteiger partial charge in [0.05, 0.1) is 17.0 Å². The highest BCUT2D eigenvalue weighted by atomic mass is 32.1. The molecule has 2 aromatic heterocycles. The molecule has 2 heterocycles. The molecule has 1 amide bonds. The maximum atomic E-state index is 12.3. The van der Waals surface area contributed by atoms with Crippen LogP contribution in [-0.2, 0) is 17.8 Å². The number of hydrogen-bond donors (Lipinski definition) is 2. The van der Waals surface area contributed by atoms with Crippen molar-refractivity contribution in [1.82, 2.24) is 19.7 Å². The Kier molecular flexibility index (Phi) is 5.43. The SMILES string of the molecule is C=CCn1c(-c2sc(NC(=O)Cc3ccc(C)cc3)nc2C)n[nH]c1=S. The van der Waals surface area contributed by atoms with E-state index in [0.29, 0.717) is 28.7 Å². The number of nitrogens with one attached hydrogen (secondary N) is 2. The van der Waals surface area contributed by atoms with Crippen LogP contribution in [0.5, 0.6) is 0 Å². The molecule has 0 atom stereocenters. The molecular weight excluding hydrogens is 366 g/mol. The number of amides is 1. The number of aryl methyl sites for hydroxylation is 2. The predicted octanol–water partition coefficient (Wildman–Crippen LogP) is 4.05. The van der Waals surface area contributed by atoms with Crippen LogP contribution in [0.2, 0.25) is 0 Å². The minimum absolute atomic E-state index is 0.0980. The van der Waals surface area contributed by atoms with E-state index in [0.717, 1.165) is 16.1 Å². The van der Waals surface area contributed by atoms with Crippen LogP contribution in [0.25, 0.3) is 10.7 Å². The lowest BCUT2D eigenvalue weighted by Gasteiger charge is -2.02. The van der Waals surface area contributed by atoms with E-state index in [1.807, 2.05) is 42.7 Å². The fourth-order valence-corrected chi connectivity index (χ4v) is 3.69. The quantitative estimate of drug-likeness (QED) is 0.496. The van der Waals surface area contributed by atoms with Crippen LogP contribution in [-0.4, -0.2) is 25.7 Å². The van der Waals surface area contributed by atoms with Crippen LogP contribution < -0.4 is 5.32 Å². The number of allylic oxidation sites excluding steroid dienone is 1. The van der Waals surface area contributed by atoms with Gasteiger partial charge in [-0.15, -0.1) is 6.58 Å². The fraction of sp³-hybridized carbons (Fsp3) is 0.222. The number of hydrogen-bond acceptors (Lipinski definition) is 5. The summed E-state index contributed by atoms with van der Waals surface area (Å²) in [4.78, 5) is 17.6. The highest BCUT2D eigenvalue weighted by Gasteiger charge is 2.17. The average molecular weight is 386 g/mol. The first-order valence-electron chi connectivity index (χ1n) is 8.07. The molecule has 3 rings (SSSR count). The van der Waals surface area contributed by atoms with Gasteiger partial charge in [-0.25, -0.2) is 4.98 Å². The lowest BCUT2D eigenvalue weighted by molar-refractivity contribution is -0.115. The van der Waals surface area contributed by atoms with Crippen molar-refractivity contribution in [2.45, 2.75) is 26.8 Å². The first-order chi connectivity index (χ1) is 12.5. The van der Waals surface area contributed by atoms with Gasteiger partial charge in [-0.1, -0.05) is 47.2 Å². The third-order valence-electron chi connectivity index (χ3n) is 3.80. The van der Waals surface area contributed by atoms with Crippen LogP contribution in [0, 0.1) is 18.6 Å². The Hall–Kier alpha value is -2.58. The van der Waals surface area contributed by atoms with E-state index in [2.05, 4.69) is 27.1 Å². The standard InChI is InChI=1S/C18H19N5OS2/c1-4-9-23-16(21-22-18(23)25)15-12(3)19-17(26-15)20-14(24)10-13-7-5-11(2)6-8-13/h4-8H,1,9-10H2,2-3H3,(H,22,25)(H,19,20,24). The van der Waals surface area contributed by atoms with Crippen LogP contribution in [0.1, 0.15) is 16.8 Å². The number of H-pyrrole nitrogens is 1. The normalized spacial score (nSPS) is 10.7. The van der Waals surface area contributed by atoms with Crippen molar-refractivity contribution in [3.05, 3.63) is 58.5 Å². The zero-order valence-corrected chi connectivity index (χ0v) is 16.2. The summed E-state index contributed by atoms with van der Waals surface area (Å²) in [6.07, 6.45) is 2.07. The molecule has 0 aliphatic rings. The van der Waals surface area contributed by atoms with Crippen molar-refractivity contribution in [3.8, 4) is 10.7 Å². The summed E-state index contributed by atoms with van der Waals surface area (Å²) >= 11 is 6.63. The zero-order chi connectivity index (χ0) is 18.7. The van der Waals surface area contributed by atoms with Crippen molar-refractivity contribution in [2.24, 2.45) is 0 Å². The Bertz CT molecular complexity index is 998. The summed E-state index contributed by atoms with van der Waals surface area (Å²) in [5.74, 6) is 0.600. The predicted molar refractivity (Wildman–Crippen MR) is 107 cm³/mol. The number of thiazole rings is 1. The topological polar surface area (TPSA) is 75.6 Å². The maximum Gasteiger partial charge on any atom is 0.230 e. The highest BCUT2D eigenvalue weighted by Crippen LogP contribution is 2.31. The Morgan fingerprint density at radius 3 is 2.81 bits per heavy atom. The molecule has 0 fully saturated rings. The number of nitrogens with zero attached hydrogens (tertiary/aromatic N) is 3. The Morgan fingerprint density at radius 1 is 1.38 bits per heavy atom. The van der Waals surface area contributed by atoms with Crippen LogP contribution in [0.4, 0.5) is 5.13 Å². The molecule has 0 saturated heterocycles. The van der Waals surface area contributed by atoms with E-state index in [4.69, 9.17) is 12.2 Å². The molecule has 0 unspecified atom stereocenters. The van der Waals surface area contributed by atoms with Gasteiger partial charge in [0.1, 0.15) is 0 Å². The molecule has 6 nitrogen and oxygen atoms in total. The van der Waals surface area contributed by atoms with Gasteiger partial charge < -0.3 is 5.32 Å². The van der Waals surface area contributed by atoms with Crippen molar-refractivity contribution in [2.75, 3.05) is 5.32 Å². The second kappa shape index (κ2) is 7.76. The van der Waals surface area contributed by atoms with E-state index in [1.165, 1.54) is 16.9 Å². The van der Waals surface area contributed by atoms with Crippen LogP contribution >= 0.6 is 23.6 Å². The molecule has 0 aliphatic heterocycles. The molecule has 0 aliphatic carbocycles. The van der Waals surface area contributed by atoms with Gasteiger partial charge in [-0.3, -0.25) is 14.5 Å².